The summed E-state index contributed by atoms with van der Waals surface area (Å²) in [5.41, 5.74) is 1.04. The second kappa shape index (κ2) is 7.53. The van der Waals surface area contributed by atoms with Crippen molar-refractivity contribution >= 4 is 11.8 Å². The van der Waals surface area contributed by atoms with Crippen LogP contribution >= 0.6 is 0 Å². The monoisotopic (exact) mass is 370 g/mol. The summed E-state index contributed by atoms with van der Waals surface area (Å²) < 4.78 is 5.47. The van der Waals surface area contributed by atoms with Crippen LogP contribution in [0.1, 0.15) is 44.1 Å². The minimum absolute atomic E-state index is 0.00795. The lowest BCUT2D eigenvalue weighted by molar-refractivity contribution is -0.146. The van der Waals surface area contributed by atoms with Gasteiger partial charge in [-0.15, -0.1) is 0 Å². The molecule has 5 rings (SSSR count). The molecule has 4 aliphatic carbocycles. The number of ether oxygens (including phenoxy) is 1. The van der Waals surface area contributed by atoms with Gasteiger partial charge in [0.15, 0.2) is 6.61 Å². The lowest BCUT2D eigenvalue weighted by Crippen LogP contribution is -2.54. The number of amides is 2. The van der Waals surface area contributed by atoms with Crippen LogP contribution < -0.4 is 15.4 Å². The number of benzene rings is 1. The van der Waals surface area contributed by atoms with Crippen molar-refractivity contribution in [3.8, 4) is 5.75 Å². The van der Waals surface area contributed by atoms with Crippen LogP contribution in [0.2, 0.25) is 0 Å². The topological polar surface area (TPSA) is 67.4 Å². The Morgan fingerprint density at radius 3 is 2.11 bits per heavy atom. The van der Waals surface area contributed by atoms with E-state index in [-0.39, 0.29) is 23.8 Å². The first-order chi connectivity index (χ1) is 13.0. The van der Waals surface area contributed by atoms with Crippen molar-refractivity contribution < 1.29 is 14.3 Å². The molecule has 1 aromatic rings. The van der Waals surface area contributed by atoms with E-state index in [1.807, 2.05) is 31.2 Å². The Bertz CT molecular complexity index is 663. The van der Waals surface area contributed by atoms with Crippen molar-refractivity contribution in [3.05, 3.63) is 29.8 Å². The quantitative estimate of drug-likeness (QED) is 0.725. The zero-order chi connectivity index (χ0) is 18.9. The Kier molecular flexibility index (Phi) is 5.11. The van der Waals surface area contributed by atoms with E-state index in [1.54, 1.807) is 0 Å². The predicted octanol–water partition coefficient (Wildman–Crippen LogP) is 2.82. The lowest BCUT2D eigenvalue weighted by Gasteiger charge is -2.55. The van der Waals surface area contributed by atoms with Crippen molar-refractivity contribution in [3.63, 3.8) is 0 Å². The van der Waals surface area contributed by atoms with Gasteiger partial charge < -0.3 is 15.4 Å². The van der Waals surface area contributed by atoms with E-state index in [0.29, 0.717) is 18.8 Å². The van der Waals surface area contributed by atoms with Crippen molar-refractivity contribution in [1.82, 2.24) is 10.6 Å². The zero-order valence-corrected chi connectivity index (χ0v) is 16.1. The second-order valence-corrected chi connectivity index (χ2v) is 8.91. The van der Waals surface area contributed by atoms with Crippen LogP contribution in [0.5, 0.6) is 5.75 Å². The smallest absolute Gasteiger partial charge is 0.258 e. The van der Waals surface area contributed by atoms with Gasteiger partial charge in [-0.3, -0.25) is 9.59 Å². The van der Waals surface area contributed by atoms with Gasteiger partial charge in [-0.2, -0.15) is 0 Å². The number of nitrogens with one attached hydrogen (secondary N) is 2. The van der Waals surface area contributed by atoms with Gasteiger partial charge in [0.25, 0.3) is 5.91 Å². The third-order valence-corrected chi connectivity index (χ3v) is 6.64. The van der Waals surface area contributed by atoms with Crippen molar-refractivity contribution in [1.29, 1.82) is 0 Å². The molecular weight excluding hydrogens is 340 g/mol. The number of carbonyl (C=O) groups excluding carboxylic acids is 2. The fourth-order valence-electron chi connectivity index (χ4n) is 5.79. The van der Waals surface area contributed by atoms with Crippen LogP contribution in [-0.2, 0) is 9.59 Å². The maximum atomic E-state index is 12.8. The molecule has 0 heterocycles. The third kappa shape index (κ3) is 4.12. The fourth-order valence-corrected chi connectivity index (χ4v) is 5.79. The first-order valence-electron chi connectivity index (χ1n) is 10.3. The molecular formula is C22H30N2O3. The van der Waals surface area contributed by atoms with E-state index in [2.05, 4.69) is 10.6 Å². The number of aryl methyl sites for hydroxylation is 1. The minimum atomic E-state index is -0.167. The van der Waals surface area contributed by atoms with Gasteiger partial charge in [0.2, 0.25) is 5.91 Å². The first-order valence-corrected chi connectivity index (χ1v) is 10.3. The predicted molar refractivity (Wildman–Crippen MR) is 103 cm³/mol. The van der Waals surface area contributed by atoms with Gasteiger partial charge in [0.1, 0.15) is 5.75 Å². The molecule has 5 heteroatoms. The van der Waals surface area contributed by atoms with E-state index in [9.17, 15) is 9.59 Å². The Labute approximate surface area is 161 Å². The molecule has 2 amide bonds. The minimum Gasteiger partial charge on any atom is -0.484 e. The number of carbonyl (C=O) groups is 2. The largest absolute Gasteiger partial charge is 0.484 e. The average Bonchev–Trinajstić information content (AvgIpc) is 2.63. The van der Waals surface area contributed by atoms with Gasteiger partial charge in [-0.1, -0.05) is 17.7 Å². The number of hydrogen-bond donors (Lipinski definition) is 2. The Balaban J connectivity index is 1.16. The summed E-state index contributed by atoms with van der Waals surface area (Å²) >= 11 is 0. The molecule has 4 aliphatic rings. The first kappa shape index (κ1) is 18.3. The number of rotatable bonds is 7. The van der Waals surface area contributed by atoms with E-state index in [1.165, 1.54) is 19.3 Å². The van der Waals surface area contributed by atoms with Gasteiger partial charge in [-0.25, -0.2) is 0 Å². The number of hydrogen-bond acceptors (Lipinski definition) is 3. The van der Waals surface area contributed by atoms with Crippen LogP contribution in [0.4, 0.5) is 0 Å². The molecule has 2 N–H and O–H groups in total. The van der Waals surface area contributed by atoms with E-state index >= 15 is 0 Å². The molecule has 0 saturated heterocycles. The Morgan fingerprint density at radius 2 is 1.52 bits per heavy atom. The van der Waals surface area contributed by atoms with Gasteiger partial charge in [0, 0.05) is 18.5 Å². The molecule has 27 heavy (non-hydrogen) atoms. The summed E-state index contributed by atoms with van der Waals surface area (Å²) in [4.78, 5) is 24.7. The standard InChI is InChI=1S/C22H30N2O3/c1-15-2-4-19(5-3-15)27-14-20(25)23-6-7-24-21(26)22-11-16-8-17(12-22)10-18(9-16)13-22/h2-5,16-18H,6-14H2,1H3,(H,23,25)(H,24,26). The SMILES string of the molecule is Cc1ccc(OCC(=O)NCCNC(=O)C23CC4CC(CC(C4)C2)C3)cc1. The fraction of sp³-hybridized carbons (Fsp3) is 0.636. The maximum Gasteiger partial charge on any atom is 0.258 e. The highest BCUT2D eigenvalue weighted by Gasteiger charge is 2.54. The lowest BCUT2D eigenvalue weighted by atomic mass is 9.49. The molecule has 0 atom stereocenters. The summed E-state index contributed by atoms with van der Waals surface area (Å²) in [6, 6.07) is 7.61. The molecule has 0 unspecified atom stereocenters. The normalized spacial score (nSPS) is 30.8. The van der Waals surface area contributed by atoms with Crippen LogP contribution in [0, 0.1) is 30.1 Å². The molecule has 0 spiro atoms. The van der Waals surface area contributed by atoms with Gasteiger partial charge in [-0.05, 0) is 75.3 Å². The van der Waals surface area contributed by atoms with Crippen molar-refractivity contribution in [2.24, 2.45) is 23.2 Å². The summed E-state index contributed by atoms with van der Waals surface area (Å²) in [6.07, 6.45) is 7.22. The molecule has 146 valence electrons. The molecule has 1 aromatic carbocycles. The van der Waals surface area contributed by atoms with Gasteiger partial charge >= 0.3 is 0 Å². The molecule has 5 nitrogen and oxygen atoms in total. The van der Waals surface area contributed by atoms with Gasteiger partial charge in [0.05, 0.1) is 0 Å². The van der Waals surface area contributed by atoms with Crippen LogP contribution in [0.3, 0.4) is 0 Å². The summed E-state index contributed by atoms with van der Waals surface area (Å²) in [5.74, 6) is 3.03. The summed E-state index contributed by atoms with van der Waals surface area (Å²) in [5, 5.41) is 5.90. The van der Waals surface area contributed by atoms with E-state index in [0.717, 1.165) is 42.6 Å². The molecule has 0 aromatic heterocycles. The third-order valence-electron chi connectivity index (χ3n) is 6.64. The molecule has 4 saturated carbocycles. The highest BCUT2D eigenvalue weighted by Crippen LogP contribution is 2.60. The highest BCUT2D eigenvalue weighted by atomic mass is 16.5. The van der Waals surface area contributed by atoms with Crippen LogP contribution in [0.15, 0.2) is 24.3 Å². The second-order valence-electron chi connectivity index (χ2n) is 8.91. The average molecular weight is 370 g/mol. The molecule has 0 radical (unpaired) electrons. The molecule has 0 aliphatic heterocycles. The van der Waals surface area contributed by atoms with Crippen molar-refractivity contribution in [2.45, 2.75) is 45.4 Å². The molecule has 4 bridgehead atoms. The van der Waals surface area contributed by atoms with E-state index < -0.39 is 0 Å². The summed E-state index contributed by atoms with van der Waals surface area (Å²) in [7, 11) is 0. The Hall–Kier alpha value is -2.04. The summed E-state index contributed by atoms with van der Waals surface area (Å²) in [6.45, 7) is 2.92. The van der Waals surface area contributed by atoms with Crippen molar-refractivity contribution in [2.75, 3.05) is 19.7 Å². The zero-order valence-electron chi connectivity index (χ0n) is 16.1. The van der Waals surface area contributed by atoms with Crippen LogP contribution in [-0.4, -0.2) is 31.5 Å². The highest BCUT2D eigenvalue weighted by molar-refractivity contribution is 5.83. The van der Waals surface area contributed by atoms with Crippen LogP contribution in [0.25, 0.3) is 0 Å². The Morgan fingerprint density at radius 1 is 0.963 bits per heavy atom. The molecule has 4 fully saturated rings. The van der Waals surface area contributed by atoms with E-state index in [4.69, 9.17) is 4.74 Å². The maximum absolute atomic E-state index is 12.8.